The van der Waals surface area contributed by atoms with Crippen LogP contribution in [0.2, 0.25) is 0 Å². The van der Waals surface area contributed by atoms with Crippen LogP contribution in [-0.2, 0) is 11.2 Å². The molecule has 0 amide bonds. The molecule has 0 spiro atoms. The van der Waals surface area contributed by atoms with Crippen LogP contribution in [-0.4, -0.2) is 71.1 Å². The van der Waals surface area contributed by atoms with Crippen molar-refractivity contribution in [1.82, 2.24) is 25.0 Å². The van der Waals surface area contributed by atoms with E-state index in [1.54, 1.807) is 6.20 Å². The lowest BCUT2D eigenvalue weighted by molar-refractivity contribution is -0.0489. The highest BCUT2D eigenvalue weighted by atomic mass is 16.5. The minimum Gasteiger partial charge on any atom is -0.370 e. The molecule has 3 aliphatic rings. The molecule has 2 aromatic heterocycles. The Balaban J connectivity index is 1.13. The van der Waals surface area contributed by atoms with Crippen LogP contribution in [0.1, 0.15) is 42.8 Å². The molecular weight excluding hydrogens is 426 g/mol. The molecule has 0 bridgehead atoms. The number of hydrogen-bond acceptors (Lipinski definition) is 7. The molecule has 8 heteroatoms. The molecule has 3 atom stereocenters. The molecule has 5 heterocycles. The summed E-state index contributed by atoms with van der Waals surface area (Å²) >= 11 is 0. The van der Waals surface area contributed by atoms with Gasteiger partial charge in [-0.05, 0) is 56.6 Å². The summed E-state index contributed by atoms with van der Waals surface area (Å²) in [6.45, 7) is 9.99. The van der Waals surface area contributed by atoms with Gasteiger partial charge in [-0.2, -0.15) is 10.4 Å². The Bertz CT molecular complexity index is 1240. The molecule has 8 nitrogen and oxygen atoms in total. The number of pyridine rings is 1. The van der Waals surface area contributed by atoms with Gasteiger partial charge in [0.2, 0.25) is 0 Å². The van der Waals surface area contributed by atoms with Crippen molar-refractivity contribution in [2.24, 2.45) is 0 Å². The third-order valence-electron chi connectivity index (χ3n) is 7.40. The quantitative estimate of drug-likeness (QED) is 0.645. The third-order valence-corrected chi connectivity index (χ3v) is 7.40. The SMILES string of the molecule is CC1CN(c2ccc(C#N)c3ncccc23)CC(CN2CC(n3cc4c(n3)[C@H](C)NCC4)C2)O1. The van der Waals surface area contributed by atoms with Gasteiger partial charge in [0.1, 0.15) is 6.07 Å². The fourth-order valence-electron chi connectivity index (χ4n) is 5.72. The maximum atomic E-state index is 9.48. The van der Waals surface area contributed by atoms with Gasteiger partial charge in [-0.25, -0.2) is 0 Å². The van der Waals surface area contributed by atoms with E-state index in [1.165, 1.54) is 11.3 Å². The van der Waals surface area contributed by atoms with E-state index in [9.17, 15) is 5.26 Å². The minimum absolute atomic E-state index is 0.141. The van der Waals surface area contributed by atoms with Crippen LogP contribution in [0.4, 0.5) is 5.69 Å². The number of morpholine rings is 1. The number of nitrogens with zero attached hydrogens (tertiary/aromatic N) is 6. The average molecular weight is 458 g/mol. The highest BCUT2D eigenvalue weighted by molar-refractivity contribution is 5.95. The number of nitrogens with one attached hydrogen (secondary N) is 1. The van der Waals surface area contributed by atoms with E-state index in [4.69, 9.17) is 9.84 Å². The topological polar surface area (TPSA) is 82.2 Å². The highest BCUT2D eigenvalue weighted by Gasteiger charge is 2.35. The number of aromatic nitrogens is 3. The van der Waals surface area contributed by atoms with Crippen molar-refractivity contribution >= 4 is 16.6 Å². The first-order valence-electron chi connectivity index (χ1n) is 12.3. The van der Waals surface area contributed by atoms with Gasteiger partial charge in [-0.3, -0.25) is 14.6 Å². The molecule has 1 N–H and O–H groups in total. The van der Waals surface area contributed by atoms with Gasteiger partial charge in [0.15, 0.2) is 0 Å². The van der Waals surface area contributed by atoms with Crippen molar-refractivity contribution in [2.45, 2.75) is 44.6 Å². The molecule has 0 radical (unpaired) electrons. The van der Waals surface area contributed by atoms with Crippen LogP contribution in [0.15, 0.2) is 36.7 Å². The molecular formula is C26H31N7O. The van der Waals surface area contributed by atoms with Crippen molar-refractivity contribution in [3.8, 4) is 6.07 Å². The first-order chi connectivity index (χ1) is 16.6. The molecule has 2 fully saturated rings. The van der Waals surface area contributed by atoms with Crippen LogP contribution in [0.25, 0.3) is 10.9 Å². The van der Waals surface area contributed by atoms with Crippen LogP contribution < -0.4 is 10.2 Å². The monoisotopic (exact) mass is 457 g/mol. The molecule has 1 aromatic carbocycles. The Morgan fingerprint density at radius 3 is 2.88 bits per heavy atom. The van der Waals surface area contributed by atoms with E-state index in [1.807, 2.05) is 12.1 Å². The van der Waals surface area contributed by atoms with E-state index in [0.717, 1.165) is 62.3 Å². The zero-order valence-corrected chi connectivity index (χ0v) is 19.8. The summed E-state index contributed by atoms with van der Waals surface area (Å²) in [4.78, 5) is 9.36. The Kier molecular flexibility index (Phi) is 5.48. The van der Waals surface area contributed by atoms with Gasteiger partial charge < -0.3 is 15.0 Å². The Morgan fingerprint density at radius 1 is 1.18 bits per heavy atom. The van der Waals surface area contributed by atoms with Gasteiger partial charge in [-0.15, -0.1) is 0 Å². The maximum absolute atomic E-state index is 9.48. The summed E-state index contributed by atoms with van der Waals surface area (Å²) in [7, 11) is 0. The average Bonchev–Trinajstić information content (AvgIpc) is 3.25. The van der Waals surface area contributed by atoms with E-state index >= 15 is 0 Å². The lowest BCUT2D eigenvalue weighted by Crippen LogP contribution is -2.56. The van der Waals surface area contributed by atoms with Crippen molar-refractivity contribution < 1.29 is 4.74 Å². The molecule has 176 valence electrons. The summed E-state index contributed by atoms with van der Waals surface area (Å²) in [6, 6.07) is 11.0. The van der Waals surface area contributed by atoms with Crippen molar-refractivity contribution in [3.63, 3.8) is 0 Å². The first kappa shape index (κ1) is 21.5. The van der Waals surface area contributed by atoms with E-state index in [-0.39, 0.29) is 12.2 Å². The van der Waals surface area contributed by atoms with Gasteiger partial charge >= 0.3 is 0 Å². The molecule has 3 aliphatic heterocycles. The molecule has 2 unspecified atom stereocenters. The zero-order valence-electron chi connectivity index (χ0n) is 19.8. The van der Waals surface area contributed by atoms with Gasteiger partial charge in [0.25, 0.3) is 0 Å². The van der Waals surface area contributed by atoms with Crippen LogP contribution in [0.3, 0.4) is 0 Å². The molecule has 6 rings (SSSR count). The largest absolute Gasteiger partial charge is 0.370 e. The molecule has 0 saturated carbocycles. The third kappa shape index (κ3) is 3.84. The summed E-state index contributed by atoms with van der Waals surface area (Å²) in [5.74, 6) is 0. The number of benzene rings is 1. The number of rotatable bonds is 4. The molecule has 3 aromatic rings. The second-order valence-electron chi connectivity index (χ2n) is 9.94. The van der Waals surface area contributed by atoms with Gasteiger partial charge in [-0.1, -0.05) is 0 Å². The molecule has 2 saturated heterocycles. The first-order valence-corrected chi connectivity index (χ1v) is 12.3. The summed E-state index contributed by atoms with van der Waals surface area (Å²) in [6.07, 6.45) is 5.37. The zero-order chi connectivity index (χ0) is 23.2. The van der Waals surface area contributed by atoms with E-state index in [2.05, 4.69) is 63.0 Å². The van der Waals surface area contributed by atoms with Crippen molar-refractivity contribution in [2.75, 3.05) is 44.2 Å². The van der Waals surface area contributed by atoms with Crippen LogP contribution in [0, 0.1) is 11.3 Å². The van der Waals surface area contributed by atoms with Crippen molar-refractivity contribution in [3.05, 3.63) is 53.5 Å². The van der Waals surface area contributed by atoms with Gasteiger partial charge in [0.05, 0.1) is 35.0 Å². The van der Waals surface area contributed by atoms with Crippen LogP contribution in [0.5, 0.6) is 0 Å². The maximum Gasteiger partial charge on any atom is 0.101 e. The number of anilines is 1. The summed E-state index contributed by atoms with van der Waals surface area (Å²) < 4.78 is 8.53. The predicted octanol–water partition coefficient (Wildman–Crippen LogP) is 2.66. The van der Waals surface area contributed by atoms with Crippen LogP contribution >= 0.6 is 0 Å². The fourth-order valence-corrected chi connectivity index (χ4v) is 5.72. The Morgan fingerprint density at radius 2 is 2.06 bits per heavy atom. The van der Waals surface area contributed by atoms with Crippen molar-refractivity contribution in [1.29, 1.82) is 5.26 Å². The number of nitriles is 1. The fraction of sp³-hybridized carbons (Fsp3) is 0.500. The number of ether oxygens (including phenoxy) is 1. The number of likely N-dealkylation sites (tertiary alicyclic amines) is 1. The summed E-state index contributed by atoms with van der Waals surface area (Å²) in [5, 5.41) is 18.9. The number of fused-ring (bicyclic) bond motifs is 2. The smallest absolute Gasteiger partial charge is 0.101 e. The lowest BCUT2D eigenvalue weighted by Gasteiger charge is -2.44. The molecule has 0 aliphatic carbocycles. The second-order valence-corrected chi connectivity index (χ2v) is 9.94. The standard InChI is InChI=1S/C26H31N7O/c1-17-11-32(24-6-5-19(10-27)26-23(24)4-3-8-29-26)16-22(34-17)15-31-13-21(14-31)33-12-20-7-9-28-18(2)25(20)30-33/h3-6,8,12,17-18,21-22,28H,7,9,11,13-16H2,1-2H3/t17?,18-,22?/m0/s1. The normalized spacial score (nSPS) is 25.7. The van der Waals surface area contributed by atoms with E-state index in [0.29, 0.717) is 17.6 Å². The van der Waals surface area contributed by atoms with E-state index < -0.39 is 0 Å². The predicted molar refractivity (Wildman–Crippen MR) is 131 cm³/mol. The second kappa shape index (κ2) is 8.66. The number of hydrogen-bond donors (Lipinski definition) is 1. The summed E-state index contributed by atoms with van der Waals surface area (Å²) in [5.41, 5.74) is 5.14. The minimum atomic E-state index is 0.141. The highest BCUT2D eigenvalue weighted by Crippen LogP contribution is 2.31. The molecule has 34 heavy (non-hydrogen) atoms. The lowest BCUT2D eigenvalue weighted by atomic mass is 10.0. The van der Waals surface area contributed by atoms with Gasteiger partial charge in [0, 0.05) is 62.2 Å². The Hall–Kier alpha value is -2.99. The Labute approximate surface area is 200 Å².